The fourth-order valence-electron chi connectivity index (χ4n) is 3.18. The molecule has 0 radical (unpaired) electrons. The van der Waals surface area contributed by atoms with Gasteiger partial charge in [0.05, 0.1) is 11.1 Å². The first kappa shape index (κ1) is 24.1. The van der Waals surface area contributed by atoms with Crippen LogP contribution in [0.2, 0.25) is 10.0 Å². The number of anilines is 1. The van der Waals surface area contributed by atoms with Gasteiger partial charge in [0.1, 0.15) is 4.90 Å². The van der Waals surface area contributed by atoms with Gasteiger partial charge in [-0.2, -0.15) is 0 Å². The molecule has 0 aliphatic heterocycles. The van der Waals surface area contributed by atoms with Crippen LogP contribution in [-0.4, -0.2) is 39.9 Å². The number of nitrogens with zero attached hydrogens (tertiary/aromatic N) is 1. The Morgan fingerprint density at radius 3 is 2.38 bits per heavy atom. The minimum absolute atomic E-state index is 0.00759. The van der Waals surface area contributed by atoms with Crippen molar-refractivity contribution in [1.82, 2.24) is 10.2 Å². The zero-order chi connectivity index (χ0) is 23.3. The number of rotatable bonds is 8. The van der Waals surface area contributed by atoms with Crippen LogP contribution < -0.4 is 10.0 Å². The van der Waals surface area contributed by atoms with Crippen molar-refractivity contribution in [1.29, 1.82) is 0 Å². The topological polar surface area (TPSA) is 78.5 Å². The molecule has 1 amide bonds. The molecule has 3 aromatic rings. The number of sulfonamides is 1. The molecule has 0 bridgehead atoms. The molecule has 1 unspecified atom stereocenters. The highest BCUT2D eigenvalue weighted by molar-refractivity contribution is 7.92. The molecule has 0 aliphatic carbocycles. The Morgan fingerprint density at radius 1 is 0.969 bits per heavy atom. The average Bonchev–Trinajstić information content (AvgIpc) is 2.75. The van der Waals surface area contributed by atoms with Gasteiger partial charge in [0.2, 0.25) is 0 Å². The molecule has 3 rings (SSSR count). The normalized spacial score (nSPS) is 12.4. The van der Waals surface area contributed by atoms with E-state index < -0.39 is 10.0 Å². The molecule has 0 saturated carbocycles. The first-order chi connectivity index (χ1) is 15.2. The van der Waals surface area contributed by atoms with Crippen molar-refractivity contribution < 1.29 is 13.2 Å². The highest BCUT2D eigenvalue weighted by Crippen LogP contribution is 2.27. The van der Waals surface area contributed by atoms with Crippen molar-refractivity contribution in [3.63, 3.8) is 0 Å². The summed E-state index contributed by atoms with van der Waals surface area (Å²) in [6, 6.07) is 20.3. The molecule has 0 aromatic heterocycles. The number of nitrogens with one attached hydrogen (secondary N) is 2. The second-order valence-corrected chi connectivity index (χ2v) is 9.86. The standard InChI is InChI=1S/C23H23Cl2N3O3S/c1-28(2)21(16-7-4-3-5-8-16)15-26-23(29)17-9-6-10-19(13-17)27-32(30,31)22-14-18(24)11-12-20(22)25/h3-14,21,27H,15H2,1-2H3,(H,26,29). The van der Waals surface area contributed by atoms with E-state index in [9.17, 15) is 13.2 Å². The lowest BCUT2D eigenvalue weighted by molar-refractivity contribution is 0.0942. The molecule has 0 aliphatic rings. The van der Waals surface area contributed by atoms with Crippen molar-refractivity contribution in [2.24, 2.45) is 0 Å². The smallest absolute Gasteiger partial charge is 0.263 e. The summed E-state index contributed by atoms with van der Waals surface area (Å²) >= 11 is 11.9. The summed E-state index contributed by atoms with van der Waals surface area (Å²) in [5.74, 6) is -0.311. The number of carbonyl (C=O) groups excluding carboxylic acids is 1. The Kier molecular flexibility index (Phi) is 7.79. The molecule has 32 heavy (non-hydrogen) atoms. The Hall–Kier alpha value is -2.58. The Labute approximate surface area is 198 Å². The highest BCUT2D eigenvalue weighted by Gasteiger charge is 2.20. The number of benzene rings is 3. The summed E-state index contributed by atoms with van der Waals surface area (Å²) < 4.78 is 27.9. The maximum atomic E-state index is 12.7. The third-order valence-corrected chi connectivity index (χ3v) is 6.92. The van der Waals surface area contributed by atoms with E-state index in [4.69, 9.17) is 23.2 Å². The molecule has 2 N–H and O–H groups in total. The highest BCUT2D eigenvalue weighted by atomic mass is 35.5. The monoisotopic (exact) mass is 491 g/mol. The predicted octanol–water partition coefficient (Wildman–Crippen LogP) is 4.83. The van der Waals surface area contributed by atoms with Crippen LogP contribution >= 0.6 is 23.2 Å². The van der Waals surface area contributed by atoms with Crippen LogP contribution in [0.1, 0.15) is 22.0 Å². The zero-order valence-electron chi connectivity index (χ0n) is 17.5. The fourth-order valence-corrected chi connectivity index (χ4v) is 5.00. The largest absolute Gasteiger partial charge is 0.350 e. The molecule has 6 nitrogen and oxygen atoms in total. The van der Waals surface area contributed by atoms with Gasteiger partial charge >= 0.3 is 0 Å². The third kappa shape index (κ3) is 6.01. The second-order valence-electron chi connectivity index (χ2n) is 7.36. The molecule has 0 spiro atoms. The lowest BCUT2D eigenvalue weighted by atomic mass is 10.1. The summed E-state index contributed by atoms with van der Waals surface area (Å²) in [6.07, 6.45) is 0. The SMILES string of the molecule is CN(C)C(CNC(=O)c1cccc(NS(=O)(=O)c2cc(Cl)ccc2Cl)c1)c1ccccc1. The van der Waals surface area contributed by atoms with Gasteiger partial charge in [-0.1, -0.05) is 59.6 Å². The van der Waals surface area contributed by atoms with E-state index in [1.807, 2.05) is 49.3 Å². The molecule has 168 valence electrons. The van der Waals surface area contributed by atoms with E-state index >= 15 is 0 Å². The van der Waals surface area contributed by atoms with Crippen molar-refractivity contribution in [2.75, 3.05) is 25.4 Å². The Morgan fingerprint density at radius 2 is 1.69 bits per heavy atom. The van der Waals surface area contributed by atoms with Crippen LogP contribution in [0.15, 0.2) is 77.7 Å². The summed E-state index contributed by atoms with van der Waals surface area (Å²) in [7, 11) is -0.0974. The molecular formula is C23H23Cl2N3O3S. The first-order valence-corrected chi connectivity index (χ1v) is 12.0. The van der Waals surface area contributed by atoms with E-state index in [2.05, 4.69) is 10.0 Å². The van der Waals surface area contributed by atoms with Crippen molar-refractivity contribution in [2.45, 2.75) is 10.9 Å². The van der Waals surface area contributed by atoms with E-state index in [-0.39, 0.29) is 32.6 Å². The molecule has 0 fully saturated rings. The van der Waals surface area contributed by atoms with Gasteiger partial charge in [-0.05, 0) is 56.1 Å². The van der Waals surface area contributed by atoms with Crippen LogP contribution in [0.25, 0.3) is 0 Å². The van der Waals surface area contributed by atoms with Gasteiger partial charge in [0.15, 0.2) is 0 Å². The Balaban J connectivity index is 1.74. The molecule has 1 atom stereocenters. The first-order valence-electron chi connectivity index (χ1n) is 9.75. The lowest BCUT2D eigenvalue weighted by Crippen LogP contribution is -2.34. The third-order valence-electron chi connectivity index (χ3n) is 4.82. The van der Waals surface area contributed by atoms with Crippen LogP contribution in [0.4, 0.5) is 5.69 Å². The van der Waals surface area contributed by atoms with Crippen LogP contribution in [-0.2, 0) is 10.0 Å². The van der Waals surface area contributed by atoms with E-state index in [0.717, 1.165) is 5.56 Å². The fraction of sp³-hybridized carbons (Fsp3) is 0.174. The maximum Gasteiger partial charge on any atom is 0.263 e. The van der Waals surface area contributed by atoms with Gasteiger partial charge in [0.25, 0.3) is 15.9 Å². The number of hydrogen-bond donors (Lipinski definition) is 2. The second kappa shape index (κ2) is 10.4. The number of amides is 1. The lowest BCUT2D eigenvalue weighted by Gasteiger charge is -2.25. The molecule has 3 aromatic carbocycles. The van der Waals surface area contributed by atoms with Gasteiger partial charge in [-0.15, -0.1) is 0 Å². The maximum absolute atomic E-state index is 12.7. The van der Waals surface area contributed by atoms with Gasteiger partial charge in [-0.3, -0.25) is 9.52 Å². The summed E-state index contributed by atoms with van der Waals surface area (Å²) in [4.78, 5) is 14.6. The minimum atomic E-state index is -3.99. The molecule has 0 heterocycles. The van der Waals surface area contributed by atoms with Crippen molar-refractivity contribution in [3.05, 3.63) is 94.0 Å². The van der Waals surface area contributed by atoms with Crippen molar-refractivity contribution >= 4 is 44.8 Å². The quantitative estimate of drug-likeness (QED) is 0.473. The molecule has 0 saturated heterocycles. The van der Waals surface area contributed by atoms with Crippen LogP contribution in [0.3, 0.4) is 0 Å². The van der Waals surface area contributed by atoms with Gasteiger partial charge in [0, 0.05) is 22.8 Å². The number of likely N-dealkylation sites (N-methyl/N-ethyl adjacent to an activating group) is 1. The van der Waals surface area contributed by atoms with Gasteiger partial charge < -0.3 is 10.2 Å². The van der Waals surface area contributed by atoms with Crippen LogP contribution in [0, 0.1) is 0 Å². The number of carbonyl (C=O) groups is 1. The molecular weight excluding hydrogens is 469 g/mol. The minimum Gasteiger partial charge on any atom is -0.350 e. The van der Waals surface area contributed by atoms with Crippen LogP contribution in [0.5, 0.6) is 0 Å². The van der Waals surface area contributed by atoms with Gasteiger partial charge in [-0.25, -0.2) is 8.42 Å². The van der Waals surface area contributed by atoms with E-state index in [1.54, 1.807) is 18.2 Å². The summed E-state index contributed by atoms with van der Waals surface area (Å²) in [5.41, 5.74) is 1.64. The predicted molar refractivity (Wildman–Crippen MR) is 129 cm³/mol. The average molecular weight is 492 g/mol. The summed E-state index contributed by atoms with van der Waals surface area (Å²) in [6.45, 7) is 0.393. The summed E-state index contributed by atoms with van der Waals surface area (Å²) in [5, 5.41) is 3.22. The Bertz CT molecular complexity index is 1200. The number of halogens is 2. The zero-order valence-corrected chi connectivity index (χ0v) is 19.9. The van der Waals surface area contributed by atoms with E-state index in [1.165, 1.54) is 24.3 Å². The van der Waals surface area contributed by atoms with E-state index in [0.29, 0.717) is 12.1 Å². The van der Waals surface area contributed by atoms with Crippen molar-refractivity contribution in [3.8, 4) is 0 Å². The molecule has 9 heteroatoms. The number of hydrogen-bond acceptors (Lipinski definition) is 4.